The molecule has 1 atom stereocenters. The van der Waals surface area contributed by atoms with Crippen LogP contribution in [0.5, 0.6) is 0 Å². The lowest BCUT2D eigenvalue weighted by Gasteiger charge is -2.30. The summed E-state index contributed by atoms with van der Waals surface area (Å²) in [7, 11) is 0. The molecule has 0 radical (unpaired) electrons. The fraction of sp³-hybridized carbons (Fsp3) is 1.00. The fourth-order valence-corrected chi connectivity index (χ4v) is 1.51. The van der Waals surface area contributed by atoms with Crippen LogP contribution >= 0.6 is 0 Å². The molecule has 2 N–H and O–H groups in total. The van der Waals surface area contributed by atoms with Gasteiger partial charge in [0.2, 0.25) is 0 Å². The molecule has 0 amide bonds. The summed E-state index contributed by atoms with van der Waals surface area (Å²) < 4.78 is 0. The Hall–Kier alpha value is -0.120. The molecule has 3 nitrogen and oxygen atoms in total. The van der Waals surface area contributed by atoms with Gasteiger partial charge in [0.25, 0.3) is 0 Å². The van der Waals surface area contributed by atoms with Crippen LogP contribution in [0.3, 0.4) is 0 Å². The summed E-state index contributed by atoms with van der Waals surface area (Å²) in [6, 6.07) is 0.616. The van der Waals surface area contributed by atoms with Gasteiger partial charge in [0, 0.05) is 19.1 Å². The van der Waals surface area contributed by atoms with Crippen LogP contribution in [-0.4, -0.2) is 46.5 Å². The first kappa shape index (κ1) is 11.0. The zero-order valence-electron chi connectivity index (χ0n) is 8.66. The quantitative estimate of drug-likeness (QED) is 0.640. The third-order valence-corrected chi connectivity index (χ3v) is 2.76. The Labute approximate surface area is 80.4 Å². The van der Waals surface area contributed by atoms with Crippen molar-refractivity contribution in [2.45, 2.75) is 44.8 Å². The van der Waals surface area contributed by atoms with Gasteiger partial charge in [-0.05, 0) is 26.2 Å². The van der Waals surface area contributed by atoms with E-state index in [0.29, 0.717) is 19.1 Å². The maximum absolute atomic E-state index is 9.87. The SMILES string of the molecule is CCC(C)(O)CN(CCO)C1CC1. The van der Waals surface area contributed by atoms with E-state index in [0.717, 1.165) is 6.42 Å². The Morgan fingerprint density at radius 1 is 1.46 bits per heavy atom. The molecular weight excluding hydrogens is 166 g/mol. The molecule has 0 aromatic carbocycles. The van der Waals surface area contributed by atoms with Crippen molar-refractivity contribution in [3.8, 4) is 0 Å². The maximum atomic E-state index is 9.87. The summed E-state index contributed by atoms with van der Waals surface area (Å²) in [6.07, 6.45) is 3.21. The van der Waals surface area contributed by atoms with E-state index in [9.17, 15) is 5.11 Å². The average Bonchev–Trinajstić information content (AvgIpc) is 2.86. The van der Waals surface area contributed by atoms with E-state index in [1.807, 2.05) is 13.8 Å². The standard InChI is InChI=1S/C10H21NO2/c1-3-10(2,13)8-11(6-7-12)9-4-5-9/h9,12-13H,3-8H2,1-2H3. The van der Waals surface area contributed by atoms with Gasteiger partial charge < -0.3 is 10.2 Å². The summed E-state index contributed by atoms with van der Waals surface area (Å²) in [4.78, 5) is 2.20. The fourth-order valence-electron chi connectivity index (χ4n) is 1.51. The second kappa shape index (κ2) is 4.40. The molecule has 13 heavy (non-hydrogen) atoms. The van der Waals surface area contributed by atoms with Crippen molar-refractivity contribution in [3.63, 3.8) is 0 Å². The average molecular weight is 187 g/mol. The first-order chi connectivity index (χ1) is 6.09. The van der Waals surface area contributed by atoms with Crippen LogP contribution in [0.1, 0.15) is 33.1 Å². The number of hydrogen-bond acceptors (Lipinski definition) is 3. The van der Waals surface area contributed by atoms with Crippen LogP contribution in [0.25, 0.3) is 0 Å². The summed E-state index contributed by atoms with van der Waals surface area (Å²) in [6.45, 7) is 5.43. The maximum Gasteiger partial charge on any atom is 0.0743 e. The lowest BCUT2D eigenvalue weighted by atomic mass is 10.0. The van der Waals surface area contributed by atoms with Crippen molar-refractivity contribution in [3.05, 3.63) is 0 Å². The van der Waals surface area contributed by atoms with Crippen LogP contribution in [-0.2, 0) is 0 Å². The van der Waals surface area contributed by atoms with Crippen LogP contribution < -0.4 is 0 Å². The van der Waals surface area contributed by atoms with Crippen LogP contribution in [0.4, 0.5) is 0 Å². The number of aliphatic hydroxyl groups excluding tert-OH is 1. The van der Waals surface area contributed by atoms with Crippen molar-refractivity contribution >= 4 is 0 Å². The van der Waals surface area contributed by atoms with Gasteiger partial charge in [-0.1, -0.05) is 6.92 Å². The molecule has 1 aliphatic carbocycles. The number of hydrogen-bond donors (Lipinski definition) is 2. The molecule has 0 heterocycles. The molecule has 0 bridgehead atoms. The van der Waals surface area contributed by atoms with Gasteiger partial charge in [0.15, 0.2) is 0 Å². The third kappa shape index (κ3) is 3.63. The highest BCUT2D eigenvalue weighted by Gasteiger charge is 2.32. The zero-order valence-corrected chi connectivity index (χ0v) is 8.66. The normalized spacial score (nSPS) is 21.9. The van der Waals surface area contributed by atoms with Gasteiger partial charge in [-0.25, -0.2) is 0 Å². The van der Waals surface area contributed by atoms with E-state index in [1.165, 1.54) is 12.8 Å². The molecule has 78 valence electrons. The van der Waals surface area contributed by atoms with E-state index in [2.05, 4.69) is 4.90 Å². The van der Waals surface area contributed by atoms with Gasteiger partial charge in [-0.3, -0.25) is 4.90 Å². The molecular formula is C10H21NO2. The molecule has 1 fully saturated rings. The zero-order chi connectivity index (χ0) is 9.90. The van der Waals surface area contributed by atoms with Crippen molar-refractivity contribution in [2.24, 2.45) is 0 Å². The molecule has 1 saturated carbocycles. The first-order valence-corrected chi connectivity index (χ1v) is 5.16. The molecule has 1 unspecified atom stereocenters. The lowest BCUT2D eigenvalue weighted by molar-refractivity contribution is 0.00946. The Bertz CT molecular complexity index is 155. The van der Waals surface area contributed by atoms with E-state index >= 15 is 0 Å². The molecule has 1 rings (SSSR count). The summed E-state index contributed by atoms with van der Waals surface area (Å²) in [5.41, 5.74) is -0.599. The third-order valence-electron chi connectivity index (χ3n) is 2.76. The number of aliphatic hydroxyl groups is 2. The van der Waals surface area contributed by atoms with Crippen LogP contribution in [0, 0.1) is 0 Å². The smallest absolute Gasteiger partial charge is 0.0743 e. The first-order valence-electron chi connectivity index (χ1n) is 5.16. The van der Waals surface area contributed by atoms with E-state index in [-0.39, 0.29) is 6.61 Å². The summed E-state index contributed by atoms with van der Waals surface area (Å²) in [5, 5.41) is 18.7. The second-order valence-electron chi connectivity index (χ2n) is 4.28. The highest BCUT2D eigenvalue weighted by molar-refractivity contribution is 4.88. The minimum Gasteiger partial charge on any atom is -0.395 e. The van der Waals surface area contributed by atoms with E-state index in [1.54, 1.807) is 0 Å². The highest BCUT2D eigenvalue weighted by atomic mass is 16.3. The number of rotatable bonds is 6. The van der Waals surface area contributed by atoms with Crippen LogP contribution in [0.2, 0.25) is 0 Å². The predicted octanol–water partition coefficient (Wildman–Crippen LogP) is 0.604. The van der Waals surface area contributed by atoms with Crippen molar-refractivity contribution in [1.29, 1.82) is 0 Å². The van der Waals surface area contributed by atoms with Crippen LogP contribution in [0.15, 0.2) is 0 Å². The molecule has 0 aromatic rings. The van der Waals surface area contributed by atoms with Gasteiger partial charge >= 0.3 is 0 Å². The van der Waals surface area contributed by atoms with E-state index in [4.69, 9.17) is 5.11 Å². The van der Waals surface area contributed by atoms with Crippen molar-refractivity contribution in [2.75, 3.05) is 19.7 Å². The topological polar surface area (TPSA) is 43.7 Å². The second-order valence-corrected chi connectivity index (χ2v) is 4.28. The molecule has 1 aliphatic rings. The Morgan fingerprint density at radius 3 is 2.46 bits per heavy atom. The Kier molecular flexibility index (Phi) is 3.71. The van der Waals surface area contributed by atoms with Crippen molar-refractivity contribution in [1.82, 2.24) is 4.90 Å². The molecule has 0 aromatic heterocycles. The monoisotopic (exact) mass is 187 g/mol. The predicted molar refractivity (Wildman–Crippen MR) is 52.6 cm³/mol. The van der Waals surface area contributed by atoms with E-state index < -0.39 is 5.60 Å². The minimum atomic E-state index is -0.599. The Morgan fingerprint density at radius 2 is 2.08 bits per heavy atom. The van der Waals surface area contributed by atoms with Gasteiger partial charge in [0.1, 0.15) is 0 Å². The lowest BCUT2D eigenvalue weighted by Crippen LogP contribution is -2.42. The Balaban J connectivity index is 2.36. The molecule has 0 spiro atoms. The molecule has 0 aliphatic heterocycles. The largest absolute Gasteiger partial charge is 0.395 e. The van der Waals surface area contributed by atoms with Gasteiger partial charge in [0.05, 0.1) is 12.2 Å². The van der Waals surface area contributed by atoms with Gasteiger partial charge in [-0.15, -0.1) is 0 Å². The minimum absolute atomic E-state index is 0.191. The summed E-state index contributed by atoms with van der Waals surface area (Å²) in [5.74, 6) is 0. The molecule has 3 heteroatoms. The summed E-state index contributed by atoms with van der Waals surface area (Å²) >= 11 is 0. The number of nitrogens with zero attached hydrogens (tertiary/aromatic N) is 1. The molecule has 0 saturated heterocycles. The highest BCUT2D eigenvalue weighted by Crippen LogP contribution is 2.28. The van der Waals surface area contributed by atoms with Gasteiger partial charge in [-0.2, -0.15) is 0 Å². The van der Waals surface area contributed by atoms with Crippen molar-refractivity contribution < 1.29 is 10.2 Å².